The predicted molar refractivity (Wildman–Crippen MR) is 128 cm³/mol. The van der Waals surface area contributed by atoms with Gasteiger partial charge in [0.15, 0.2) is 0 Å². The summed E-state index contributed by atoms with van der Waals surface area (Å²) in [5.41, 5.74) is 0.118. The number of alkyl carbamates (subject to hydrolysis) is 1. The molecule has 0 aliphatic heterocycles. The number of carboxylic acid groups (broad SMARTS) is 1. The van der Waals surface area contributed by atoms with E-state index in [4.69, 9.17) is 4.74 Å². The van der Waals surface area contributed by atoms with E-state index < -0.39 is 48.2 Å². The Hall–Kier alpha value is -4.34. The fourth-order valence-electron chi connectivity index (χ4n) is 3.63. The summed E-state index contributed by atoms with van der Waals surface area (Å²) in [6.45, 7) is -0.0572. The van der Waals surface area contributed by atoms with Gasteiger partial charge >= 0.3 is 18.2 Å². The van der Waals surface area contributed by atoms with E-state index >= 15 is 0 Å². The van der Waals surface area contributed by atoms with E-state index in [1.54, 1.807) is 60.7 Å². The summed E-state index contributed by atoms with van der Waals surface area (Å²) in [5, 5.41) is 14.3. The Bertz CT molecular complexity index is 1200. The van der Waals surface area contributed by atoms with Crippen LogP contribution in [0.15, 0.2) is 84.9 Å². The molecule has 194 valence electrons. The van der Waals surface area contributed by atoms with E-state index in [0.29, 0.717) is 5.56 Å². The highest BCUT2D eigenvalue weighted by Crippen LogP contribution is 2.32. The second-order valence-corrected chi connectivity index (χ2v) is 8.21. The van der Waals surface area contributed by atoms with Crippen LogP contribution in [-0.2, 0) is 40.0 Å². The van der Waals surface area contributed by atoms with Gasteiger partial charge < -0.3 is 20.5 Å². The molecule has 0 aliphatic rings. The van der Waals surface area contributed by atoms with Crippen molar-refractivity contribution >= 4 is 18.0 Å². The average Bonchev–Trinajstić information content (AvgIpc) is 2.87. The highest BCUT2D eigenvalue weighted by atomic mass is 19.4. The number of carbonyl (C=O) groups is 3. The maximum absolute atomic E-state index is 13.4. The molecule has 7 nitrogen and oxygen atoms in total. The molecule has 37 heavy (non-hydrogen) atoms. The molecule has 3 aromatic carbocycles. The summed E-state index contributed by atoms with van der Waals surface area (Å²) in [6.07, 6.45) is -6.20. The highest BCUT2D eigenvalue weighted by Gasteiger charge is 2.35. The molecule has 0 saturated carbocycles. The van der Waals surface area contributed by atoms with Crippen molar-refractivity contribution in [3.05, 3.63) is 107 Å². The van der Waals surface area contributed by atoms with E-state index in [9.17, 15) is 32.7 Å². The monoisotopic (exact) mass is 514 g/mol. The van der Waals surface area contributed by atoms with Crippen molar-refractivity contribution in [2.75, 3.05) is 0 Å². The Kier molecular flexibility index (Phi) is 9.26. The smallest absolute Gasteiger partial charge is 0.416 e. The number of amides is 2. The minimum Gasteiger partial charge on any atom is -0.480 e. The second kappa shape index (κ2) is 12.6. The fraction of sp³-hybridized carbons (Fsp3) is 0.222. The molecule has 2 atom stereocenters. The molecular weight excluding hydrogens is 489 g/mol. The van der Waals surface area contributed by atoms with Crippen molar-refractivity contribution in [2.45, 2.75) is 37.7 Å². The summed E-state index contributed by atoms with van der Waals surface area (Å²) in [7, 11) is 0. The number of benzene rings is 3. The van der Waals surface area contributed by atoms with Crippen LogP contribution in [0.5, 0.6) is 0 Å². The third kappa shape index (κ3) is 8.38. The molecule has 2 amide bonds. The first kappa shape index (κ1) is 27.3. The van der Waals surface area contributed by atoms with E-state index in [1.165, 1.54) is 12.1 Å². The summed E-state index contributed by atoms with van der Waals surface area (Å²) >= 11 is 0. The molecule has 10 heteroatoms. The van der Waals surface area contributed by atoms with Gasteiger partial charge in [0.1, 0.15) is 18.7 Å². The molecule has 3 aromatic rings. The van der Waals surface area contributed by atoms with Gasteiger partial charge in [0.2, 0.25) is 5.91 Å². The zero-order valence-electron chi connectivity index (χ0n) is 19.6. The lowest BCUT2D eigenvalue weighted by atomic mass is 9.99. The van der Waals surface area contributed by atoms with E-state index in [1.807, 2.05) is 0 Å². The predicted octanol–water partition coefficient (Wildman–Crippen LogP) is 4.36. The van der Waals surface area contributed by atoms with Crippen LogP contribution in [0.25, 0.3) is 0 Å². The van der Waals surface area contributed by atoms with Gasteiger partial charge in [0, 0.05) is 12.8 Å². The van der Waals surface area contributed by atoms with Crippen LogP contribution in [0.2, 0.25) is 0 Å². The number of hydrogen-bond acceptors (Lipinski definition) is 4. The lowest BCUT2D eigenvalue weighted by Gasteiger charge is -2.22. The van der Waals surface area contributed by atoms with Gasteiger partial charge in [-0.2, -0.15) is 13.2 Å². The number of ether oxygens (including phenoxy) is 1. The van der Waals surface area contributed by atoms with Crippen LogP contribution in [0, 0.1) is 0 Å². The molecule has 0 heterocycles. The fourth-order valence-corrected chi connectivity index (χ4v) is 3.63. The second-order valence-electron chi connectivity index (χ2n) is 8.21. The molecule has 0 fully saturated rings. The molecule has 0 aromatic heterocycles. The van der Waals surface area contributed by atoms with Gasteiger partial charge in [-0.3, -0.25) is 4.79 Å². The van der Waals surface area contributed by atoms with Crippen molar-refractivity contribution in [1.82, 2.24) is 10.6 Å². The van der Waals surface area contributed by atoms with Crippen LogP contribution in [0.3, 0.4) is 0 Å². The van der Waals surface area contributed by atoms with Gasteiger partial charge in [-0.25, -0.2) is 9.59 Å². The van der Waals surface area contributed by atoms with Crippen molar-refractivity contribution in [1.29, 1.82) is 0 Å². The number of hydrogen-bond donors (Lipinski definition) is 3. The third-order valence-electron chi connectivity index (χ3n) is 5.47. The summed E-state index contributed by atoms with van der Waals surface area (Å²) in [5.74, 6) is -2.40. The molecule has 0 unspecified atom stereocenters. The minimum absolute atomic E-state index is 0.00140. The Labute approximate surface area is 211 Å². The number of alkyl halides is 3. The van der Waals surface area contributed by atoms with Crippen LogP contribution < -0.4 is 10.6 Å². The SMILES string of the molecule is O=C(N[C@@H](Cc1ccccc1)C(=O)N[C@@H](Cc1ccccc1C(F)(F)F)C(=O)O)OCc1ccccc1. The zero-order chi connectivity index (χ0) is 26.8. The molecule has 0 aliphatic carbocycles. The maximum Gasteiger partial charge on any atom is 0.416 e. The molecule has 0 saturated heterocycles. The Morgan fingerprint density at radius 3 is 1.92 bits per heavy atom. The molecule has 0 bridgehead atoms. The standard InChI is InChI=1S/C27H25F3N2O5/c28-27(29,30)21-14-8-7-13-20(21)16-23(25(34)35)31-24(33)22(15-18-9-3-1-4-10-18)32-26(36)37-17-19-11-5-2-6-12-19/h1-14,22-23H,15-17H2,(H,31,33)(H,32,36)(H,34,35)/t22-,23-/m0/s1. The van der Waals surface area contributed by atoms with E-state index in [-0.39, 0.29) is 18.6 Å². The van der Waals surface area contributed by atoms with Crippen molar-refractivity contribution in [3.8, 4) is 0 Å². The first-order chi connectivity index (χ1) is 17.6. The number of nitrogens with one attached hydrogen (secondary N) is 2. The molecule has 0 radical (unpaired) electrons. The van der Waals surface area contributed by atoms with Crippen LogP contribution >= 0.6 is 0 Å². The summed E-state index contributed by atoms with van der Waals surface area (Å²) < 4.78 is 45.3. The third-order valence-corrected chi connectivity index (χ3v) is 5.47. The van der Waals surface area contributed by atoms with Gasteiger partial charge in [-0.05, 0) is 22.8 Å². The van der Waals surface area contributed by atoms with Gasteiger partial charge in [-0.15, -0.1) is 0 Å². The summed E-state index contributed by atoms with van der Waals surface area (Å²) in [4.78, 5) is 37.4. The Morgan fingerprint density at radius 2 is 1.32 bits per heavy atom. The number of halogens is 3. The normalized spacial score (nSPS) is 12.7. The van der Waals surface area contributed by atoms with Gasteiger partial charge in [0.05, 0.1) is 5.56 Å². The number of rotatable bonds is 10. The zero-order valence-corrected chi connectivity index (χ0v) is 19.6. The Morgan fingerprint density at radius 1 is 0.757 bits per heavy atom. The largest absolute Gasteiger partial charge is 0.480 e. The quantitative estimate of drug-likeness (QED) is 0.373. The molecular formula is C27H25F3N2O5. The van der Waals surface area contributed by atoms with Gasteiger partial charge in [0.25, 0.3) is 0 Å². The summed E-state index contributed by atoms with van der Waals surface area (Å²) in [6, 6.07) is 19.1. The van der Waals surface area contributed by atoms with E-state index in [2.05, 4.69) is 10.6 Å². The highest BCUT2D eigenvalue weighted by molar-refractivity contribution is 5.89. The lowest BCUT2D eigenvalue weighted by molar-refractivity contribution is -0.143. The van der Waals surface area contributed by atoms with Gasteiger partial charge in [-0.1, -0.05) is 78.9 Å². The van der Waals surface area contributed by atoms with Crippen LogP contribution in [0.4, 0.5) is 18.0 Å². The molecule has 3 N–H and O–H groups in total. The number of carboxylic acids is 1. The topological polar surface area (TPSA) is 105 Å². The maximum atomic E-state index is 13.4. The number of carbonyl (C=O) groups excluding carboxylic acids is 2. The van der Waals surface area contributed by atoms with Crippen molar-refractivity contribution in [3.63, 3.8) is 0 Å². The van der Waals surface area contributed by atoms with Crippen LogP contribution in [0.1, 0.15) is 22.3 Å². The first-order valence-corrected chi connectivity index (χ1v) is 11.3. The van der Waals surface area contributed by atoms with E-state index in [0.717, 1.165) is 17.7 Å². The first-order valence-electron chi connectivity index (χ1n) is 11.3. The van der Waals surface area contributed by atoms with Crippen molar-refractivity contribution < 1.29 is 37.4 Å². The van der Waals surface area contributed by atoms with Crippen LogP contribution in [-0.4, -0.2) is 35.2 Å². The average molecular weight is 515 g/mol. The molecule has 3 rings (SSSR count). The van der Waals surface area contributed by atoms with Crippen molar-refractivity contribution in [2.24, 2.45) is 0 Å². The minimum atomic E-state index is -4.69. The Balaban J connectivity index is 1.75. The lowest BCUT2D eigenvalue weighted by Crippen LogP contribution is -2.53. The number of aliphatic carboxylic acids is 1. The molecule has 0 spiro atoms.